The normalized spacial score (nSPS) is 49.1. The number of methoxy groups -OCH3 is 1. The molecule has 0 radical (unpaired) electrons. The Morgan fingerprint density at radius 2 is 1.93 bits per heavy atom. The number of carbonyl (C=O) groups is 1. The van der Waals surface area contributed by atoms with Gasteiger partial charge in [-0.3, -0.25) is 4.79 Å². The first-order chi connectivity index (χ1) is 12.7. The summed E-state index contributed by atoms with van der Waals surface area (Å²) in [6, 6.07) is 0. The van der Waals surface area contributed by atoms with Gasteiger partial charge in [0.1, 0.15) is 12.6 Å². The predicted molar refractivity (Wildman–Crippen MR) is 101 cm³/mol. The molecule has 7 atom stereocenters. The Morgan fingerprint density at radius 3 is 2.67 bits per heavy atom. The smallest absolute Gasteiger partial charge is 0.163 e. The Balaban J connectivity index is 1.71. The number of Topliss-reactive ketones (excluding diaryl/α,β-unsaturated/α-hetero) is 1. The van der Waals surface area contributed by atoms with Crippen LogP contribution in [0.4, 0.5) is 0 Å². The molecule has 154 valence electrons. The number of carbonyl (C=O) groups excluding carboxylic acids is 1. The van der Waals surface area contributed by atoms with E-state index in [1.54, 1.807) is 7.11 Å². The zero-order chi connectivity index (χ0) is 19.4. The highest BCUT2D eigenvalue weighted by atomic mass is 16.7. The Bertz CT molecular complexity index is 589. The summed E-state index contributed by atoms with van der Waals surface area (Å²) in [5.74, 6) is 1.25. The van der Waals surface area contributed by atoms with Gasteiger partial charge in [0.2, 0.25) is 0 Å². The van der Waals surface area contributed by atoms with Crippen molar-refractivity contribution in [1.29, 1.82) is 0 Å². The first-order valence-corrected chi connectivity index (χ1v) is 10.6. The van der Waals surface area contributed by atoms with Crippen molar-refractivity contribution in [3.8, 4) is 0 Å². The molecular formula is C22H36O5. The van der Waals surface area contributed by atoms with E-state index in [2.05, 4.69) is 13.8 Å². The van der Waals surface area contributed by atoms with Gasteiger partial charge in [-0.2, -0.15) is 0 Å². The van der Waals surface area contributed by atoms with Crippen LogP contribution in [0.2, 0.25) is 0 Å². The second-order valence-corrected chi connectivity index (χ2v) is 10.3. The standard InChI is InChI=1S/C22H36O5/c1-20(2)26-12-22(4)18(27-20)8-9-21(3)16-11-15(23)7-6-14(16)10-17(19(21)22)25-13-24-5/h14,16-19H,6-13H2,1-5H3/t14-,16+,17+,18+,19-,21-,22+/m0/s1. The fourth-order valence-electron chi connectivity index (χ4n) is 7.10. The molecule has 4 rings (SSSR count). The average molecular weight is 381 g/mol. The minimum atomic E-state index is -0.529. The highest BCUT2D eigenvalue weighted by Crippen LogP contribution is 2.65. The summed E-state index contributed by atoms with van der Waals surface area (Å²) in [5.41, 5.74) is -0.0246. The summed E-state index contributed by atoms with van der Waals surface area (Å²) in [7, 11) is 1.69. The molecule has 1 aliphatic heterocycles. The lowest BCUT2D eigenvalue weighted by Crippen LogP contribution is -2.67. The van der Waals surface area contributed by atoms with Crippen molar-refractivity contribution >= 4 is 5.78 Å². The van der Waals surface area contributed by atoms with Crippen molar-refractivity contribution in [2.75, 3.05) is 20.5 Å². The Hall–Kier alpha value is -0.490. The molecule has 4 fully saturated rings. The van der Waals surface area contributed by atoms with Gasteiger partial charge in [-0.25, -0.2) is 0 Å². The molecule has 0 amide bonds. The van der Waals surface area contributed by atoms with Crippen LogP contribution in [0.15, 0.2) is 0 Å². The lowest BCUT2D eigenvalue weighted by atomic mass is 9.43. The number of hydrogen-bond acceptors (Lipinski definition) is 5. The third kappa shape index (κ3) is 3.19. The van der Waals surface area contributed by atoms with Crippen LogP contribution in [-0.4, -0.2) is 44.3 Å². The molecule has 0 aromatic carbocycles. The zero-order valence-electron chi connectivity index (χ0n) is 17.6. The number of hydrogen-bond donors (Lipinski definition) is 0. The molecule has 4 aliphatic rings. The van der Waals surface area contributed by atoms with E-state index >= 15 is 0 Å². The van der Waals surface area contributed by atoms with E-state index < -0.39 is 5.79 Å². The van der Waals surface area contributed by atoms with Crippen molar-refractivity contribution in [1.82, 2.24) is 0 Å². The van der Waals surface area contributed by atoms with Gasteiger partial charge in [0.05, 0.1) is 18.8 Å². The molecule has 0 bridgehead atoms. The minimum absolute atomic E-state index is 0.0802. The first-order valence-electron chi connectivity index (χ1n) is 10.6. The molecule has 5 heteroatoms. The van der Waals surface area contributed by atoms with Crippen LogP contribution in [0.5, 0.6) is 0 Å². The Morgan fingerprint density at radius 1 is 1.15 bits per heavy atom. The molecule has 3 aliphatic carbocycles. The van der Waals surface area contributed by atoms with Crippen LogP contribution in [0.3, 0.4) is 0 Å². The van der Waals surface area contributed by atoms with E-state index in [1.165, 1.54) is 0 Å². The van der Waals surface area contributed by atoms with Gasteiger partial charge in [0.25, 0.3) is 0 Å². The van der Waals surface area contributed by atoms with Crippen molar-refractivity contribution in [2.45, 2.75) is 84.2 Å². The summed E-state index contributed by atoms with van der Waals surface area (Å²) in [6.45, 7) is 9.76. The molecule has 0 aromatic rings. The van der Waals surface area contributed by atoms with Crippen molar-refractivity contribution in [2.24, 2.45) is 28.6 Å². The molecule has 5 nitrogen and oxygen atoms in total. The average Bonchev–Trinajstić information content (AvgIpc) is 2.61. The van der Waals surface area contributed by atoms with Crippen LogP contribution >= 0.6 is 0 Å². The molecule has 0 aromatic heterocycles. The topological polar surface area (TPSA) is 54.0 Å². The van der Waals surface area contributed by atoms with Crippen molar-refractivity contribution < 1.29 is 23.7 Å². The van der Waals surface area contributed by atoms with Gasteiger partial charge in [0, 0.05) is 31.3 Å². The minimum Gasteiger partial charge on any atom is -0.359 e. The van der Waals surface area contributed by atoms with Crippen LogP contribution < -0.4 is 0 Å². The predicted octanol–water partition coefficient (Wildman–Crippen LogP) is 3.94. The van der Waals surface area contributed by atoms with Gasteiger partial charge >= 0.3 is 0 Å². The van der Waals surface area contributed by atoms with Gasteiger partial charge in [-0.1, -0.05) is 13.8 Å². The summed E-state index contributed by atoms with van der Waals surface area (Å²) < 4.78 is 24.1. The van der Waals surface area contributed by atoms with Crippen LogP contribution in [0, 0.1) is 28.6 Å². The lowest BCUT2D eigenvalue weighted by Gasteiger charge is -2.66. The Kier molecular flexibility index (Phi) is 4.98. The van der Waals surface area contributed by atoms with E-state index in [9.17, 15) is 4.79 Å². The van der Waals surface area contributed by atoms with Crippen LogP contribution in [0.25, 0.3) is 0 Å². The quantitative estimate of drug-likeness (QED) is 0.694. The SMILES string of the molecule is COCO[C@@H]1C[C@@H]2CCC(=O)C[C@H]2[C@]2(C)CC[C@H]3OC(C)(C)OC[C@@]3(C)[C@@H]12. The number of fused-ring (bicyclic) bond motifs is 5. The second-order valence-electron chi connectivity index (χ2n) is 10.3. The fraction of sp³-hybridized carbons (Fsp3) is 0.955. The van der Waals surface area contributed by atoms with Crippen LogP contribution in [0.1, 0.15) is 66.2 Å². The van der Waals surface area contributed by atoms with Crippen molar-refractivity contribution in [3.05, 3.63) is 0 Å². The highest BCUT2D eigenvalue weighted by Gasteiger charge is 2.65. The lowest BCUT2D eigenvalue weighted by molar-refractivity contribution is -0.358. The molecular weight excluding hydrogens is 344 g/mol. The fourth-order valence-corrected chi connectivity index (χ4v) is 7.10. The maximum absolute atomic E-state index is 12.3. The van der Waals surface area contributed by atoms with Gasteiger partial charge in [-0.15, -0.1) is 0 Å². The molecule has 1 heterocycles. The van der Waals surface area contributed by atoms with Gasteiger partial charge < -0.3 is 18.9 Å². The maximum Gasteiger partial charge on any atom is 0.163 e. The molecule has 0 unspecified atom stereocenters. The zero-order valence-corrected chi connectivity index (χ0v) is 17.6. The maximum atomic E-state index is 12.3. The largest absolute Gasteiger partial charge is 0.359 e. The summed E-state index contributed by atoms with van der Waals surface area (Å²) in [4.78, 5) is 12.3. The van der Waals surface area contributed by atoms with Crippen LogP contribution in [-0.2, 0) is 23.7 Å². The third-order valence-electron chi connectivity index (χ3n) is 8.22. The molecule has 3 saturated carbocycles. The number of rotatable bonds is 3. The van der Waals surface area contributed by atoms with E-state index in [0.29, 0.717) is 36.9 Å². The monoisotopic (exact) mass is 380 g/mol. The molecule has 0 N–H and O–H groups in total. The molecule has 1 saturated heterocycles. The Labute approximate surface area is 163 Å². The van der Waals surface area contributed by atoms with E-state index in [1.807, 2.05) is 13.8 Å². The second kappa shape index (κ2) is 6.79. The highest BCUT2D eigenvalue weighted by molar-refractivity contribution is 5.79. The summed E-state index contributed by atoms with van der Waals surface area (Å²) >= 11 is 0. The van der Waals surface area contributed by atoms with E-state index in [4.69, 9.17) is 18.9 Å². The molecule has 0 spiro atoms. The van der Waals surface area contributed by atoms with Crippen molar-refractivity contribution in [3.63, 3.8) is 0 Å². The van der Waals surface area contributed by atoms with Gasteiger partial charge in [-0.05, 0) is 56.8 Å². The van der Waals surface area contributed by atoms with E-state index in [0.717, 1.165) is 38.5 Å². The number of ketones is 1. The first kappa shape index (κ1) is 19.8. The summed E-state index contributed by atoms with van der Waals surface area (Å²) in [5, 5.41) is 0. The van der Waals surface area contributed by atoms with E-state index in [-0.39, 0.29) is 23.0 Å². The summed E-state index contributed by atoms with van der Waals surface area (Å²) in [6.07, 6.45) is 5.93. The van der Waals surface area contributed by atoms with Gasteiger partial charge in [0.15, 0.2) is 5.79 Å². The number of ether oxygens (including phenoxy) is 4. The molecule has 27 heavy (non-hydrogen) atoms. The third-order valence-corrected chi connectivity index (χ3v) is 8.22.